The fourth-order valence-electron chi connectivity index (χ4n) is 1.56. The zero-order valence-corrected chi connectivity index (χ0v) is 12.4. The molecule has 112 valence electrons. The molecule has 1 aromatic heterocycles. The number of halogens is 2. The molecule has 8 heteroatoms. The third kappa shape index (κ3) is 3.91. The predicted molar refractivity (Wildman–Crippen MR) is 79.9 cm³/mol. The van der Waals surface area contributed by atoms with Gasteiger partial charge in [0, 0.05) is 6.54 Å². The highest BCUT2D eigenvalue weighted by molar-refractivity contribution is 6.31. The topological polar surface area (TPSA) is 72.0 Å². The van der Waals surface area contributed by atoms with Crippen LogP contribution >= 0.6 is 11.6 Å². The number of benzene rings is 1. The van der Waals surface area contributed by atoms with Gasteiger partial charge in [-0.2, -0.15) is 15.0 Å². The van der Waals surface area contributed by atoms with Gasteiger partial charge in [0.15, 0.2) is 5.82 Å². The van der Waals surface area contributed by atoms with E-state index in [-0.39, 0.29) is 22.7 Å². The van der Waals surface area contributed by atoms with Crippen molar-refractivity contribution in [3.05, 3.63) is 29.0 Å². The maximum atomic E-state index is 13.9. The number of nitrogens with zero attached hydrogens (tertiary/aromatic N) is 3. The van der Waals surface area contributed by atoms with Crippen molar-refractivity contribution in [1.82, 2.24) is 15.0 Å². The largest absolute Gasteiger partial charge is 0.464 e. The highest BCUT2D eigenvalue weighted by atomic mass is 35.5. The summed E-state index contributed by atoms with van der Waals surface area (Å²) in [6.45, 7) is 4.79. The number of aromatic nitrogens is 3. The molecule has 0 atom stereocenters. The second-order valence-electron chi connectivity index (χ2n) is 3.95. The Morgan fingerprint density at radius 3 is 2.67 bits per heavy atom. The summed E-state index contributed by atoms with van der Waals surface area (Å²) in [7, 11) is 0. The van der Waals surface area contributed by atoms with Crippen molar-refractivity contribution in [2.75, 3.05) is 23.8 Å². The van der Waals surface area contributed by atoms with Crippen molar-refractivity contribution < 1.29 is 9.13 Å². The molecule has 2 aromatic rings. The van der Waals surface area contributed by atoms with Crippen molar-refractivity contribution in [2.24, 2.45) is 0 Å². The summed E-state index contributed by atoms with van der Waals surface area (Å²) in [4.78, 5) is 12.3. The Labute approximate surface area is 126 Å². The summed E-state index contributed by atoms with van der Waals surface area (Å²) < 4.78 is 19.1. The zero-order valence-electron chi connectivity index (χ0n) is 11.7. The standard InChI is InChI=1S/C13H15ClFN5O/c1-3-16-11-18-12(20-13(19-11)21-4-2)17-9-7-5-6-8(14)10(9)15/h5-7H,3-4H2,1-2H3,(H2,16,17,18,19,20). The molecule has 0 aliphatic rings. The van der Waals surface area contributed by atoms with E-state index in [4.69, 9.17) is 16.3 Å². The highest BCUT2D eigenvalue weighted by Gasteiger charge is 2.11. The highest BCUT2D eigenvalue weighted by Crippen LogP contribution is 2.24. The molecule has 0 fully saturated rings. The third-order valence-corrected chi connectivity index (χ3v) is 2.71. The Hall–Kier alpha value is -2.15. The number of hydrogen-bond donors (Lipinski definition) is 2. The Bertz CT molecular complexity index is 601. The normalized spacial score (nSPS) is 10.3. The van der Waals surface area contributed by atoms with Crippen LogP contribution < -0.4 is 15.4 Å². The number of rotatable bonds is 6. The fraction of sp³-hybridized carbons (Fsp3) is 0.308. The third-order valence-electron chi connectivity index (χ3n) is 2.42. The average Bonchev–Trinajstić information content (AvgIpc) is 2.44. The molecule has 1 aromatic carbocycles. The Morgan fingerprint density at radius 2 is 1.95 bits per heavy atom. The molecule has 0 saturated heterocycles. The molecule has 0 spiro atoms. The minimum atomic E-state index is -0.567. The van der Waals surface area contributed by atoms with Gasteiger partial charge in [0.1, 0.15) is 0 Å². The molecule has 2 N–H and O–H groups in total. The lowest BCUT2D eigenvalue weighted by molar-refractivity contribution is 0.312. The van der Waals surface area contributed by atoms with Crippen LogP contribution in [-0.2, 0) is 0 Å². The number of anilines is 3. The van der Waals surface area contributed by atoms with Gasteiger partial charge in [-0.25, -0.2) is 4.39 Å². The first-order valence-corrected chi connectivity index (χ1v) is 6.85. The molecule has 2 rings (SSSR count). The molecule has 0 bridgehead atoms. The number of hydrogen-bond acceptors (Lipinski definition) is 6. The summed E-state index contributed by atoms with van der Waals surface area (Å²) in [5, 5.41) is 5.74. The summed E-state index contributed by atoms with van der Waals surface area (Å²) in [6, 6.07) is 4.79. The van der Waals surface area contributed by atoms with Gasteiger partial charge in [-0.3, -0.25) is 0 Å². The fourth-order valence-corrected chi connectivity index (χ4v) is 1.74. The van der Waals surface area contributed by atoms with E-state index in [1.807, 2.05) is 13.8 Å². The molecule has 0 aliphatic carbocycles. The van der Waals surface area contributed by atoms with E-state index in [0.29, 0.717) is 19.1 Å². The first-order valence-electron chi connectivity index (χ1n) is 6.47. The van der Waals surface area contributed by atoms with E-state index >= 15 is 0 Å². The maximum absolute atomic E-state index is 13.9. The minimum absolute atomic E-state index is 0.0194. The summed E-state index contributed by atoms with van der Waals surface area (Å²) in [5.74, 6) is -0.0472. The van der Waals surface area contributed by atoms with E-state index in [1.54, 1.807) is 6.07 Å². The second kappa shape index (κ2) is 7.03. The molecule has 0 aliphatic heterocycles. The number of nitrogens with one attached hydrogen (secondary N) is 2. The lowest BCUT2D eigenvalue weighted by atomic mass is 10.3. The van der Waals surface area contributed by atoms with Crippen LogP contribution in [0.1, 0.15) is 13.8 Å². The van der Waals surface area contributed by atoms with Crippen LogP contribution in [0.4, 0.5) is 22.0 Å². The van der Waals surface area contributed by atoms with Gasteiger partial charge in [0.2, 0.25) is 11.9 Å². The molecule has 0 saturated carbocycles. The molecular weight excluding hydrogens is 297 g/mol. The Morgan fingerprint density at radius 1 is 1.19 bits per heavy atom. The molecule has 0 radical (unpaired) electrons. The van der Waals surface area contributed by atoms with Gasteiger partial charge in [-0.05, 0) is 26.0 Å². The van der Waals surface area contributed by atoms with E-state index in [1.165, 1.54) is 12.1 Å². The van der Waals surface area contributed by atoms with Crippen LogP contribution in [0.3, 0.4) is 0 Å². The van der Waals surface area contributed by atoms with Crippen LogP contribution in [-0.4, -0.2) is 28.1 Å². The zero-order chi connectivity index (χ0) is 15.2. The number of ether oxygens (including phenoxy) is 1. The van der Waals surface area contributed by atoms with Crippen LogP contribution in [0.5, 0.6) is 6.01 Å². The van der Waals surface area contributed by atoms with Crippen molar-refractivity contribution in [3.8, 4) is 6.01 Å². The van der Waals surface area contributed by atoms with Gasteiger partial charge in [-0.15, -0.1) is 0 Å². The first-order chi connectivity index (χ1) is 10.1. The molecule has 21 heavy (non-hydrogen) atoms. The molecular formula is C13H15ClFN5O. The van der Waals surface area contributed by atoms with Crippen molar-refractivity contribution >= 4 is 29.2 Å². The van der Waals surface area contributed by atoms with Gasteiger partial charge in [0.05, 0.1) is 17.3 Å². The average molecular weight is 312 g/mol. The monoisotopic (exact) mass is 311 g/mol. The molecule has 0 amide bonds. The van der Waals surface area contributed by atoms with E-state index in [9.17, 15) is 4.39 Å². The Balaban J connectivity index is 2.31. The lowest BCUT2D eigenvalue weighted by Crippen LogP contribution is -2.09. The van der Waals surface area contributed by atoms with Crippen molar-refractivity contribution in [3.63, 3.8) is 0 Å². The molecule has 1 heterocycles. The van der Waals surface area contributed by atoms with Gasteiger partial charge in [-0.1, -0.05) is 17.7 Å². The van der Waals surface area contributed by atoms with E-state index < -0.39 is 5.82 Å². The minimum Gasteiger partial charge on any atom is -0.464 e. The summed E-state index contributed by atoms with van der Waals surface area (Å²) in [6.07, 6.45) is 0. The van der Waals surface area contributed by atoms with Crippen LogP contribution in [0.25, 0.3) is 0 Å². The lowest BCUT2D eigenvalue weighted by Gasteiger charge is -2.10. The van der Waals surface area contributed by atoms with Gasteiger partial charge in [0.25, 0.3) is 0 Å². The SMILES string of the molecule is CCNc1nc(Nc2cccc(Cl)c2F)nc(OCC)n1. The summed E-state index contributed by atoms with van der Waals surface area (Å²) >= 11 is 5.74. The Kier molecular flexibility index (Phi) is 5.10. The van der Waals surface area contributed by atoms with Crippen molar-refractivity contribution in [1.29, 1.82) is 0 Å². The molecule has 0 unspecified atom stereocenters. The van der Waals surface area contributed by atoms with Gasteiger partial charge >= 0.3 is 6.01 Å². The quantitative estimate of drug-likeness (QED) is 0.853. The van der Waals surface area contributed by atoms with Crippen LogP contribution in [0, 0.1) is 5.82 Å². The van der Waals surface area contributed by atoms with Gasteiger partial charge < -0.3 is 15.4 Å². The van der Waals surface area contributed by atoms with E-state index in [2.05, 4.69) is 25.6 Å². The summed E-state index contributed by atoms with van der Waals surface area (Å²) in [5.41, 5.74) is 0.179. The molecule has 6 nitrogen and oxygen atoms in total. The maximum Gasteiger partial charge on any atom is 0.323 e. The predicted octanol–water partition coefficient (Wildman–Crippen LogP) is 3.24. The van der Waals surface area contributed by atoms with Crippen LogP contribution in [0.15, 0.2) is 18.2 Å². The first kappa shape index (κ1) is 15.2. The van der Waals surface area contributed by atoms with Crippen LogP contribution in [0.2, 0.25) is 5.02 Å². The smallest absolute Gasteiger partial charge is 0.323 e. The second-order valence-corrected chi connectivity index (χ2v) is 4.36. The van der Waals surface area contributed by atoms with Crippen molar-refractivity contribution in [2.45, 2.75) is 13.8 Å². The van der Waals surface area contributed by atoms with E-state index in [0.717, 1.165) is 0 Å².